The lowest BCUT2D eigenvalue weighted by Crippen LogP contribution is -2.23. The lowest BCUT2D eigenvalue weighted by atomic mass is 10.2. The molecule has 3 heterocycles. The highest BCUT2D eigenvalue weighted by Gasteiger charge is 2.39. The number of hydrogen-bond donors (Lipinski definition) is 4. The highest BCUT2D eigenvalue weighted by molar-refractivity contribution is 8.44. The number of ether oxygens (including phenoxy) is 1. The van der Waals surface area contributed by atoms with Crippen molar-refractivity contribution in [2.24, 2.45) is 0 Å². The third-order valence-corrected chi connectivity index (χ3v) is 4.03. The van der Waals surface area contributed by atoms with E-state index in [1.807, 2.05) is 0 Å². The lowest BCUT2D eigenvalue weighted by Gasteiger charge is -2.15. The van der Waals surface area contributed by atoms with E-state index in [1.54, 1.807) is 0 Å². The molecule has 1 aliphatic heterocycles. The summed E-state index contributed by atoms with van der Waals surface area (Å²) in [5, 5.41) is 7.39. The molecule has 11 nitrogen and oxygen atoms in total. The van der Waals surface area contributed by atoms with Gasteiger partial charge in [-0.15, -0.1) is 5.10 Å². The van der Waals surface area contributed by atoms with Crippen LogP contribution in [0.5, 0.6) is 0 Å². The van der Waals surface area contributed by atoms with Gasteiger partial charge in [0, 0.05) is 6.42 Å². The maximum absolute atomic E-state index is 14.0. The summed E-state index contributed by atoms with van der Waals surface area (Å²) in [5.74, 6) is -0.142. The van der Waals surface area contributed by atoms with Crippen LogP contribution in [0.3, 0.4) is 0 Å². The summed E-state index contributed by atoms with van der Waals surface area (Å²) < 4.78 is 36.0. The van der Waals surface area contributed by atoms with Gasteiger partial charge in [0.2, 0.25) is 5.95 Å². The van der Waals surface area contributed by atoms with Gasteiger partial charge < -0.3 is 15.4 Å². The number of thiol groups is 1. The number of aromatic amines is 1. The Morgan fingerprint density at radius 1 is 1.65 bits per heavy atom. The number of nitrogens with two attached hydrogens (primary N) is 1. The van der Waals surface area contributed by atoms with Crippen molar-refractivity contribution in [3.05, 3.63) is 10.4 Å². The Morgan fingerprint density at radius 3 is 3.09 bits per heavy atom. The van der Waals surface area contributed by atoms with Gasteiger partial charge in [-0.3, -0.25) is 14.3 Å². The minimum absolute atomic E-state index is 0.0482. The van der Waals surface area contributed by atoms with Gasteiger partial charge in [0.25, 0.3) is 5.56 Å². The smallest absolute Gasteiger partial charge is 0.369 e. The minimum atomic E-state index is -4.04. The number of halogens is 1. The molecule has 4 N–H and O–H groups in total. The molecule has 0 aliphatic carbocycles. The number of hydrogen-bond acceptors (Lipinski definition) is 8. The Hall–Kier alpha value is -1.53. The van der Waals surface area contributed by atoms with E-state index >= 15 is 0 Å². The third kappa shape index (κ3) is 3.38. The second kappa shape index (κ2) is 5.83. The van der Waals surface area contributed by atoms with E-state index in [-0.39, 0.29) is 23.5 Å². The van der Waals surface area contributed by atoms with Gasteiger partial charge >= 0.3 is 6.80 Å². The van der Waals surface area contributed by atoms with Crippen LogP contribution in [-0.2, 0) is 13.8 Å². The second-order valence-corrected chi connectivity index (χ2v) is 7.58. The van der Waals surface area contributed by atoms with Gasteiger partial charge in [0.15, 0.2) is 17.4 Å². The number of aromatic nitrogens is 5. The fraction of sp³-hybridized carbons (Fsp3) is 0.556. The second-order valence-electron chi connectivity index (χ2n) is 4.82. The maximum Gasteiger partial charge on any atom is 0.383 e. The first-order chi connectivity index (χ1) is 10.7. The van der Waals surface area contributed by atoms with E-state index in [1.165, 1.54) is 0 Å². The molecule has 23 heavy (non-hydrogen) atoms. The van der Waals surface area contributed by atoms with Crippen LogP contribution in [0, 0.1) is 0 Å². The molecule has 1 unspecified atom stereocenters. The van der Waals surface area contributed by atoms with Gasteiger partial charge in [-0.25, -0.2) is 8.96 Å². The van der Waals surface area contributed by atoms with Gasteiger partial charge in [-0.2, -0.15) is 9.67 Å². The molecule has 0 saturated carbocycles. The summed E-state index contributed by atoms with van der Waals surface area (Å²) in [6.45, 7) is -4.50. The molecule has 3 rings (SSSR count). The Balaban J connectivity index is 1.84. The largest absolute Gasteiger partial charge is 0.383 e. The average Bonchev–Trinajstić information content (AvgIpc) is 2.99. The van der Waals surface area contributed by atoms with Gasteiger partial charge in [0.05, 0.1) is 6.61 Å². The zero-order chi connectivity index (χ0) is 16.8. The molecule has 0 bridgehead atoms. The van der Waals surface area contributed by atoms with Crippen molar-refractivity contribution in [2.75, 3.05) is 12.3 Å². The summed E-state index contributed by atoms with van der Waals surface area (Å²) in [7, 11) is 0. The molecule has 2 aromatic rings. The lowest BCUT2D eigenvalue weighted by molar-refractivity contribution is -0.0335. The standard InChI is InChI=1S/C9H12FN6O5PS/c10-3-1-5(21-4(3)2-20-22(18,19)23)16-7-6(14-15-16)8(17)13-9(11)12-7/h3-5H,1-2H2,(H2,18,19,23)(H3,11,12,13,17)/t3-,4+,5+/m0/s1. The Labute approximate surface area is 132 Å². The number of anilines is 1. The Bertz CT molecular complexity index is 837. The molecular weight excluding hydrogens is 354 g/mol. The summed E-state index contributed by atoms with van der Waals surface area (Å²) in [6.07, 6.45) is -3.59. The molecule has 14 heteroatoms. The van der Waals surface area contributed by atoms with E-state index in [4.69, 9.17) is 15.4 Å². The van der Waals surface area contributed by atoms with Crippen molar-refractivity contribution in [3.8, 4) is 0 Å². The first-order valence-corrected chi connectivity index (χ1v) is 9.08. The number of H-pyrrole nitrogens is 1. The fourth-order valence-electron chi connectivity index (χ4n) is 2.21. The number of alkyl halides is 1. The normalized spacial score (nSPS) is 27.3. The fourth-order valence-corrected chi connectivity index (χ4v) is 2.75. The molecule has 126 valence electrons. The van der Waals surface area contributed by atoms with Crippen molar-refractivity contribution in [2.45, 2.75) is 24.9 Å². The molecule has 1 fully saturated rings. The molecule has 0 spiro atoms. The molecular formula is C9H12FN6O5PS. The zero-order valence-corrected chi connectivity index (χ0v) is 13.2. The van der Waals surface area contributed by atoms with E-state index in [9.17, 15) is 13.8 Å². The zero-order valence-electron chi connectivity index (χ0n) is 11.4. The molecule has 0 aromatic carbocycles. The topological polar surface area (TPSA) is 158 Å². The van der Waals surface area contributed by atoms with Crippen LogP contribution in [0.4, 0.5) is 10.3 Å². The first kappa shape index (κ1) is 16.3. The summed E-state index contributed by atoms with van der Waals surface area (Å²) in [6, 6.07) is 0. The number of nitrogens with one attached hydrogen (secondary N) is 1. The van der Waals surface area contributed by atoms with E-state index in [2.05, 4.69) is 37.1 Å². The van der Waals surface area contributed by atoms with E-state index < -0.39 is 37.5 Å². The number of fused-ring (bicyclic) bond motifs is 1. The highest BCUT2D eigenvalue weighted by atomic mass is 32.7. The molecule has 1 saturated heterocycles. The Morgan fingerprint density at radius 2 is 2.39 bits per heavy atom. The number of nitrogens with zero attached hydrogens (tertiary/aromatic N) is 4. The van der Waals surface area contributed by atoms with Crippen LogP contribution in [0.1, 0.15) is 12.6 Å². The average molecular weight is 366 g/mol. The van der Waals surface area contributed by atoms with Crippen molar-refractivity contribution in [1.29, 1.82) is 0 Å². The molecule has 4 atom stereocenters. The van der Waals surface area contributed by atoms with Crippen LogP contribution in [0.15, 0.2) is 4.79 Å². The van der Waals surface area contributed by atoms with Crippen LogP contribution < -0.4 is 11.3 Å². The third-order valence-electron chi connectivity index (χ3n) is 3.19. The van der Waals surface area contributed by atoms with Crippen LogP contribution in [0.25, 0.3) is 11.2 Å². The number of nitrogen functional groups attached to an aromatic ring is 1. The van der Waals surface area contributed by atoms with Gasteiger partial charge in [-0.05, 0) is 0 Å². The monoisotopic (exact) mass is 366 g/mol. The first-order valence-electron chi connectivity index (χ1n) is 6.35. The Kier molecular flexibility index (Phi) is 4.14. The SMILES string of the molecule is Nc1nc2c(nnn2[C@H]2C[C@H](F)[C@@H](COP(=O)(O)S)O2)c(=O)[nH]1. The maximum atomic E-state index is 14.0. The van der Waals surface area contributed by atoms with Gasteiger partial charge in [0.1, 0.15) is 12.3 Å². The van der Waals surface area contributed by atoms with Crippen molar-refractivity contribution in [1.82, 2.24) is 25.0 Å². The minimum Gasteiger partial charge on any atom is -0.369 e. The van der Waals surface area contributed by atoms with Crippen LogP contribution in [0.2, 0.25) is 0 Å². The summed E-state index contributed by atoms with van der Waals surface area (Å²) in [4.78, 5) is 26.8. The van der Waals surface area contributed by atoms with Crippen molar-refractivity contribution < 1.29 is 23.1 Å². The quantitative estimate of drug-likeness (QED) is 0.423. The summed E-state index contributed by atoms with van der Waals surface area (Å²) >= 11 is 3.33. The predicted octanol–water partition coefficient (Wildman–Crippen LogP) is -0.231. The molecule has 2 aromatic heterocycles. The van der Waals surface area contributed by atoms with E-state index in [0.717, 1.165) is 4.68 Å². The van der Waals surface area contributed by atoms with E-state index in [0.29, 0.717) is 0 Å². The van der Waals surface area contributed by atoms with Crippen LogP contribution >= 0.6 is 19.0 Å². The number of rotatable bonds is 4. The molecule has 1 aliphatic rings. The van der Waals surface area contributed by atoms with Crippen LogP contribution in [-0.4, -0.2) is 48.7 Å². The highest BCUT2D eigenvalue weighted by Crippen LogP contribution is 2.47. The summed E-state index contributed by atoms with van der Waals surface area (Å²) in [5.41, 5.74) is 4.87. The van der Waals surface area contributed by atoms with Crippen molar-refractivity contribution in [3.63, 3.8) is 0 Å². The van der Waals surface area contributed by atoms with Crippen molar-refractivity contribution >= 4 is 36.2 Å². The van der Waals surface area contributed by atoms with Gasteiger partial charge in [-0.1, -0.05) is 17.5 Å². The molecule has 0 amide bonds. The molecule has 0 radical (unpaired) electrons. The predicted molar refractivity (Wildman–Crippen MR) is 78.5 cm³/mol.